The smallest absolute Gasteiger partial charge is 0.545 e. The molecule has 0 heterocycles. The Morgan fingerprint density at radius 3 is 0.795 bits per heavy atom. The molecule has 0 aromatic carbocycles. The Labute approximate surface area is 261 Å². The summed E-state index contributed by atoms with van der Waals surface area (Å²) in [6, 6.07) is 0. The van der Waals surface area contributed by atoms with Gasteiger partial charge in [-0.1, -0.05) is 45.9 Å². The molecule has 0 amide bonds. The van der Waals surface area contributed by atoms with Crippen molar-refractivity contribution in [3.63, 3.8) is 0 Å². The van der Waals surface area contributed by atoms with Gasteiger partial charge in [-0.15, -0.1) is 0 Å². The van der Waals surface area contributed by atoms with Crippen LogP contribution in [0.2, 0.25) is 0 Å². The summed E-state index contributed by atoms with van der Waals surface area (Å²) in [6.07, 6.45) is 3.08. The van der Waals surface area contributed by atoms with Gasteiger partial charge in [-0.2, -0.15) is 0 Å². The maximum atomic E-state index is 9.83. The first-order valence-corrected chi connectivity index (χ1v) is 9.77. The standard InChI is InChI=1S/C5H8O2.5C4H6O2.2Mg/c1-3-4(2)5(6)7;4*1-3(2)4(5)6;1-2-3-4(5)6;;/h2-3H2,1H3,(H,6,7);4*1H2,2H3,(H,5,6);2-3H,1H3,(H,5,6);;/q;;;;;;2*+2/p-4. The number of carbonyl (C=O) groups excluding carboxylic acids is 4. The third-order valence-electron chi connectivity index (χ3n) is 2.43. The van der Waals surface area contributed by atoms with E-state index >= 15 is 0 Å². The number of allylic oxidation sites excluding steroid dienone is 1. The summed E-state index contributed by atoms with van der Waals surface area (Å²) >= 11 is 0. The molecule has 12 nitrogen and oxygen atoms in total. The van der Waals surface area contributed by atoms with Crippen LogP contribution in [0.1, 0.15) is 48.0 Å². The molecule has 0 rings (SSSR count). The largest absolute Gasteiger partial charge is 2.00 e. The number of carboxylic acids is 6. The Morgan fingerprint density at radius 1 is 0.615 bits per heavy atom. The Kier molecular flexibility index (Phi) is 53.1. The number of aliphatic carboxylic acids is 6. The molecule has 0 atom stereocenters. The van der Waals surface area contributed by atoms with Gasteiger partial charge in [0.05, 0.1) is 23.9 Å². The minimum atomic E-state index is -1.19. The summed E-state index contributed by atoms with van der Waals surface area (Å²) in [7, 11) is 0. The van der Waals surface area contributed by atoms with Gasteiger partial charge in [-0.05, 0) is 63.3 Å². The third kappa shape index (κ3) is 78.8. The number of carboxylic acid groups (broad SMARTS) is 6. The van der Waals surface area contributed by atoms with E-state index in [0.29, 0.717) is 6.42 Å². The van der Waals surface area contributed by atoms with Gasteiger partial charge in [0.1, 0.15) is 0 Å². The van der Waals surface area contributed by atoms with Crippen LogP contribution in [0.15, 0.2) is 72.9 Å². The normalized spacial score (nSPS) is 7.54. The van der Waals surface area contributed by atoms with Gasteiger partial charge in [0.25, 0.3) is 0 Å². The molecule has 14 heteroatoms. The van der Waals surface area contributed by atoms with Gasteiger partial charge >= 0.3 is 58.0 Å². The SMILES string of the molecule is C=C(C)C(=O)[O-].C=C(C)C(=O)[O-].C=C(C)C(=O)[O-].C=C(C)C(=O)[O-].C=C(CC)C(=O)O.CC=CC(=O)O.[Mg+2].[Mg+2]. The minimum Gasteiger partial charge on any atom is -0.545 e. The number of carbonyl (C=O) groups is 6. The van der Waals surface area contributed by atoms with E-state index in [1.54, 1.807) is 13.8 Å². The van der Waals surface area contributed by atoms with E-state index in [1.807, 2.05) is 0 Å². The van der Waals surface area contributed by atoms with E-state index in [2.05, 4.69) is 32.9 Å². The predicted molar refractivity (Wildman–Crippen MR) is 140 cm³/mol. The molecule has 0 aliphatic carbocycles. The van der Waals surface area contributed by atoms with Crippen molar-refractivity contribution in [3.05, 3.63) is 72.9 Å². The van der Waals surface area contributed by atoms with E-state index in [9.17, 15) is 49.2 Å². The molecule has 0 fully saturated rings. The molecule has 210 valence electrons. The molecule has 2 N–H and O–H groups in total. The Hall–Kier alpha value is -3.21. The maximum Gasteiger partial charge on any atom is 2.00 e. The van der Waals surface area contributed by atoms with Crippen LogP contribution < -0.4 is 20.4 Å². The molecule has 0 aliphatic rings. The molecule has 0 aromatic heterocycles. The second-order valence-electron chi connectivity index (χ2n) is 6.37. The first-order valence-electron chi connectivity index (χ1n) is 9.77. The molecule has 0 aliphatic heterocycles. The first kappa shape index (κ1) is 56.1. The van der Waals surface area contributed by atoms with Crippen LogP contribution in [0.25, 0.3) is 0 Å². The number of hydrogen-bond acceptors (Lipinski definition) is 10. The summed E-state index contributed by atoms with van der Waals surface area (Å²) in [5.74, 6) is -6.53. The van der Waals surface area contributed by atoms with Gasteiger partial charge in [0, 0.05) is 11.6 Å². The van der Waals surface area contributed by atoms with Crippen molar-refractivity contribution in [2.24, 2.45) is 0 Å². The molecule has 0 unspecified atom stereocenters. The molecule has 0 saturated heterocycles. The van der Waals surface area contributed by atoms with E-state index < -0.39 is 35.8 Å². The fourth-order valence-electron chi connectivity index (χ4n) is 0.294. The average molecular weight is 575 g/mol. The summed E-state index contributed by atoms with van der Waals surface area (Å²) in [4.78, 5) is 57.3. The van der Waals surface area contributed by atoms with Crippen LogP contribution in [-0.2, 0) is 28.8 Å². The third-order valence-corrected chi connectivity index (χ3v) is 2.43. The van der Waals surface area contributed by atoms with Gasteiger partial charge in [-0.3, -0.25) is 0 Å². The van der Waals surface area contributed by atoms with Gasteiger partial charge in [0.2, 0.25) is 0 Å². The van der Waals surface area contributed by atoms with Crippen molar-refractivity contribution in [1.82, 2.24) is 0 Å². The van der Waals surface area contributed by atoms with Crippen LogP contribution >= 0.6 is 0 Å². The predicted octanol–water partition coefficient (Wildman–Crippen LogP) is -1.83. The van der Waals surface area contributed by atoms with Crippen molar-refractivity contribution in [3.8, 4) is 0 Å². The Balaban J connectivity index is -0.0000000488. The zero-order valence-electron chi connectivity index (χ0n) is 23.3. The van der Waals surface area contributed by atoms with E-state index in [0.717, 1.165) is 6.08 Å². The molecule has 0 aromatic rings. The van der Waals surface area contributed by atoms with E-state index in [4.69, 9.17) is 10.2 Å². The molecule has 0 saturated carbocycles. The Bertz CT molecular complexity index is 741. The summed E-state index contributed by atoms with van der Waals surface area (Å²) in [5.41, 5.74) is 0.523. The van der Waals surface area contributed by atoms with Crippen molar-refractivity contribution in [2.45, 2.75) is 48.0 Å². The van der Waals surface area contributed by atoms with Gasteiger partial charge in [-0.25, -0.2) is 9.59 Å². The van der Waals surface area contributed by atoms with Gasteiger partial charge < -0.3 is 49.8 Å². The number of rotatable bonds is 7. The molecule has 0 spiro atoms. The van der Waals surface area contributed by atoms with Crippen molar-refractivity contribution >= 4 is 81.9 Å². The summed E-state index contributed by atoms with van der Waals surface area (Å²) in [5, 5.41) is 53.9. The summed E-state index contributed by atoms with van der Waals surface area (Å²) < 4.78 is 0. The first-order chi connectivity index (χ1) is 16.5. The molecular formula is C25H34Mg2O12. The molecular weight excluding hydrogens is 541 g/mol. The van der Waals surface area contributed by atoms with Crippen LogP contribution in [0.4, 0.5) is 0 Å². The van der Waals surface area contributed by atoms with Crippen molar-refractivity contribution in [2.75, 3.05) is 0 Å². The molecule has 0 bridgehead atoms. The van der Waals surface area contributed by atoms with E-state index in [1.165, 1.54) is 33.8 Å². The second-order valence-corrected chi connectivity index (χ2v) is 6.37. The molecule has 39 heavy (non-hydrogen) atoms. The van der Waals surface area contributed by atoms with Crippen LogP contribution in [-0.4, -0.2) is 92.1 Å². The van der Waals surface area contributed by atoms with Crippen LogP contribution in [0, 0.1) is 0 Å². The summed E-state index contributed by atoms with van der Waals surface area (Å²) in [6.45, 7) is 24.6. The van der Waals surface area contributed by atoms with Crippen LogP contribution in [0.5, 0.6) is 0 Å². The molecule has 0 radical (unpaired) electrons. The second kappa shape index (κ2) is 36.9. The fourth-order valence-corrected chi connectivity index (χ4v) is 0.294. The van der Waals surface area contributed by atoms with Gasteiger partial charge in [0.15, 0.2) is 0 Å². The zero-order valence-corrected chi connectivity index (χ0v) is 26.1. The maximum absolute atomic E-state index is 9.83. The Morgan fingerprint density at radius 2 is 0.795 bits per heavy atom. The zero-order chi connectivity index (χ0) is 31.5. The van der Waals surface area contributed by atoms with Crippen LogP contribution in [0.3, 0.4) is 0 Å². The topological polar surface area (TPSA) is 235 Å². The fraction of sp³-hybridized carbons (Fsp3) is 0.280. The van der Waals surface area contributed by atoms with Crippen molar-refractivity contribution in [1.29, 1.82) is 0 Å². The quantitative estimate of drug-likeness (QED) is 0.252. The monoisotopic (exact) mass is 574 g/mol. The number of hydrogen-bond donors (Lipinski definition) is 2. The average Bonchev–Trinajstić information content (AvgIpc) is 2.74. The van der Waals surface area contributed by atoms with Crippen molar-refractivity contribution < 1.29 is 59.4 Å². The van der Waals surface area contributed by atoms with E-state index in [-0.39, 0.29) is 74.0 Å². The minimum absolute atomic E-state index is 0.